The maximum absolute atomic E-state index is 5.22. The van der Waals surface area contributed by atoms with Crippen molar-refractivity contribution in [1.82, 2.24) is 9.55 Å². The Kier molecular flexibility index (Phi) is 6.41. The quantitative estimate of drug-likeness (QED) is 0.704. The molecule has 3 heteroatoms. The number of nitrogens with zero attached hydrogens (tertiary/aromatic N) is 2. The van der Waals surface area contributed by atoms with Crippen molar-refractivity contribution in [2.24, 2.45) is 11.3 Å². The summed E-state index contributed by atoms with van der Waals surface area (Å²) in [6, 6.07) is 0. The van der Waals surface area contributed by atoms with Gasteiger partial charge < -0.3 is 9.30 Å². The highest BCUT2D eigenvalue weighted by Crippen LogP contribution is 2.29. The third kappa shape index (κ3) is 6.80. The summed E-state index contributed by atoms with van der Waals surface area (Å²) in [5.74, 6) is 0.772. The van der Waals surface area contributed by atoms with Crippen molar-refractivity contribution >= 4 is 0 Å². The fourth-order valence-corrected chi connectivity index (χ4v) is 2.48. The van der Waals surface area contributed by atoms with E-state index in [-0.39, 0.29) is 0 Å². The van der Waals surface area contributed by atoms with Gasteiger partial charge in [-0.3, -0.25) is 0 Å². The van der Waals surface area contributed by atoms with Gasteiger partial charge in [0.05, 0.1) is 6.33 Å². The molecule has 0 spiro atoms. The van der Waals surface area contributed by atoms with Gasteiger partial charge in [0.2, 0.25) is 0 Å². The Morgan fingerprint density at radius 3 is 2.61 bits per heavy atom. The molecule has 1 rings (SSSR count). The molecule has 0 saturated carbocycles. The summed E-state index contributed by atoms with van der Waals surface area (Å²) >= 11 is 0. The minimum Gasteiger partial charge on any atom is -0.385 e. The van der Waals surface area contributed by atoms with Crippen LogP contribution in [-0.4, -0.2) is 23.3 Å². The van der Waals surface area contributed by atoms with E-state index < -0.39 is 0 Å². The third-order valence-electron chi connectivity index (χ3n) is 3.22. The average Bonchev–Trinajstić information content (AvgIpc) is 2.76. The maximum Gasteiger partial charge on any atom is 0.0945 e. The van der Waals surface area contributed by atoms with Crippen molar-refractivity contribution in [2.45, 2.75) is 53.0 Å². The Bertz CT molecular complexity index is 301. The van der Waals surface area contributed by atoms with Crippen LogP contribution >= 0.6 is 0 Å². The van der Waals surface area contributed by atoms with Crippen LogP contribution in [0.25, 0.3) is 0 Å². The summed E-state index contributed by atoms with van der Waals surface area (Å²) in [7, 11) is 1.79. The van der Waals surface area contributed by atoms with E-state index in [0.29, 0.717) is 5.41 Å². The number of hydrogen-bond acceptors (Lipinski definition) is 2. The van der Waals surface area contributed by atoms with E-state index in [9.17, 15) is 0 Å². The normalized spacial score (nSPS) is 13.8. The molecule has 3 nitrogen and oxygen atoms in total. The van der Waals surface area contributed by atoms with Crippen LogP contribution in [0.15, 0.2) is 18.7 Å². The monoisotopic (exact) mass is 252 g/mol. The van der Waals surface area contributed by atoms with Crippen LogP contribution in [0.3, 0.4) is 0 Å². The smallest absolute Gasteiger partial charge is 0.0945 e. The summed E-state index contributed by atoms with van der Waals surface area (Å²) < 4.78 is 7.38. The first-order chi connectivity index (χ1) is 8.51. The molecule has 18 heavy (non-hydrogen) atoms. The molecule has 1 aromatic heterocycles. The molecular weight excluding hydrogens is 224 g/mol. The number of aromatic nitrogens is 2. The van der Waals surface area contributed by atoms with Crippen molar-refractivity contribution in [1.29, 1.82) is 0 Å². The molecule has 0 unspecified atom stereocenters. The van der Waals surface area contributed by atoms with Crippen molar-refractivity contribution in [3.63, 3.8) is 0 Å². The lowest BCUT2D eigenvalue weighted by Crippen LogP contribution is -2.15. The van der Waals surface area contributed by atoms with Gasteiger partial charge in [-0.05, 0) is 37.0 Å². The molecule has 1 atom stereocenters. The Balaban J connectivity index is 2.30. The van der Waals surface area contributed by atoms with Crippen LogP contribution in [0.1, 0.15) is 46.5 Å². The molecule has 104 valence electrons. The van der Waals surface area contributed by atoms with E-state index in [1.807, 2.05) is 18.7 Å². The van der Waals surface area contributed by atoms with Gasteiger partial charge in [-0.15, -0.1) is 0 Å². The predicted octanol–water partition coefficient (Wildman–Crippen LogP) is 3.75. The number of imidazole rings is 1. The first kappa shape index (κ1) is 15.2. The van der Waals surface area contributed by atoms with Gasteiger partial charge in [0.25, 0.3) is 0 Å². The van der Waals surface area contributed by atoms with Crippen LogP contribution < -0.4 is 0 Å². The summed E-state index contributed by atoms with van der Waals surface area (Å²) in [6.45, 7) is 8.92. The van der Waals surface area contributed by atoms with Crippen LogP contribution in [0.5, 0.6) is 0 Å². The van der Waals surface area contributed by atoms with Gasteiger partial charge in [-0.25, -0.2) is 4.98 Å². The molecule has 0 aromatic carbocycles. The number of aryl methyl sites for hydroxylation is 1. The van der Waals surface area contributed by atoms with Crippen LogP contribution in [0.2, 0.25) is 0 Å². The third-order valence-corrected chi connectivity index (χ3v) is 3.22. The Morgan fingerprint density at radius 2 is 2.06 bits per heavy atom. The van der Waals surface area contributed by atoms with Crippen molar-refractivity contribution < 1.29 is 4.74 Å². The van der Waals surface area contributed by atoms with E-state index in [1.165, 1.54) is 25.7 Å². The van der Waals surface area contributed by atoms with E-state index in [2.05, 4.69) is 30.3 Å². The van der Waals surface area contributed by atoms with Crippen molar-refractivity contribution in [3.05, 3.63) is 18.7 Å². The van der Waals surface area contributed by atoms with Gasteiger partial charge >= 0.3 is 0 Å². The first-order valence-electron chi connectivity index (χ1n) is 6.96. The molecule has 0 aliphatic rings. The van der Waals surface area contributed by atoms with E-state index in [1.54, 1.807) is 7.11 Å². The second kappa shape index (κ2) is 7.57. The summed E-state index contributed by atoms with van der Waals surface area (Å²) in [6.07, 6.45) is 10.7. The van der Waals surface area contributed by atoms with E-state index in [0.717, 1.165) is 19.1 Å². The Morgan fingerprint density at radius 1 is 1.28 bits per heavy atom. The van der Waals surface area contributed by atoms with Gasteiger partial charge in [0.1, 0.15) is 0 Å². The Labute approximate surface area is 112 Å². The molecule has 0 N–H and O–H groups in total. The number of rotatable bonds is 8. The maximum atomic E-state index is 5.22. The topological polar surface area (TPSA) is 27.1 Å². The molecule has 1 heterocycles. The minimum atomic E-state index is 0.410. The zero-order valence-electron chi connectivity index (χ0n) is 12.4. The van der Waals surface area contributed by atoms with Gasteiger partial charge in [-0.1, -0.05) is 20.8 Å². The van der Waals surface area contributed by atoms with Crippen molar-refractivity contribution in [3.8, 4) is 0 Å². The van der Waals surface area contributed by atoms with Crippen LogP contribution in [0.4, 0.5) is 0 Å². The zero-order chi connectivity index (χ0) is 13.4. The summed E-state index contributed by atoms with van der Waals surface area (Å²) in [4.78, 5) is 4.07. The number of ether oxygens (including phenoxy) is 1. The molecular formula is C15H28N2O. The van der Waals surface area contributed by atoms with Gasteiger partial charge in [-0.2, -0.15) is 0 Å². The second-order valence-electron chi connectivity index (χ2n) is 6.36. The number of methoxy groups -OCH3 is 1. The lowest BCUT2D eigenvalue weighted by Gasteiger charge is -2.26. The SMILES string of the molecule is COCC[C@@H](CCCn1ccnc1)CC(C)(C)C. The highest BCUT2D eigenvalue weighted by molar-refractivity contribution is 4.75. The number of hydrogen-bond donors (Lipinski definition) is 0. The Hall–Kier alpha value is -0.830. The predicted molar refractivity (Wildman–Crippen MR) is 75.5 cm³/mol. The van der Waals surface area contributed by atoms with Gasteiger partial charge in [0.15, 0.2) is 0 Å². The van der Waals surface area contributed by atoms with Crippen LogP contribution in [-0.2, 0) is 11.3 Å². The standard InChI is InChI=1S/C15H28N2O/c1-15(2,3)12-14(7-11-18-4)6-5-9-17-10-8-16-13-17/h8,10,13-14H,5-7,9,11-12H2,1-4H3/t14-/m1/s1. The highest BCUT2D eigenvalue weighted by Gasteiger charge is 2.18. The van der Waals surface area contributed by atoms with Crippen molar-refractivity contribution in [2.75, 3.05) is 13.7 Å². The molecule has 0 amide bonds. The lowest BCUT2D eigenvalue weighted by molar-refractivity contribution is 0.157. The zero-order valence-corrected chi connectivity index (χ0v) is 12.4. The lowest BCUT2D eigenvalue weighted by atomic mass is 9.81. The van der Waals surface area contributed by atoms with E-state index in [4.69, 9.17) is 4.74 Å². The van der Waals surface area contributed by atoms with E-state index >= 15 is 0 Å². The molecule has 0 fully saturated rings. The molecule has 0 aliphatic heterocycles. The molecule has 0 aliphatic carbocycles. The average molecular weight is 252 g/mol. The second-order valence-corrected chi connectivity index (χ2v) is 6.36. The largest absolute Gasteiger partial charge is 0.385 e. The molecule has 0 bridgehead atoms. The molecule has 0 radical (unpaired) electrons. The molecule has 1 aromatic rings. The summed E-state index contributed by atoms with van der Waals surface area (Å²) in [5, 5.41) is 0. The minimum absolute atomic E-state index is 0.410. The molecule has 0 saturated heterocycles. The fourth-order valence-electron chi connectivity index (χ4n) is 2.48. The highest BCUT2D eigenvalue weighted by atomic mass is 16.5. The van der Waals surface area contributed by atoms with Gasteiger partial charge in [0, 0.05) is 32.7 Å². The summed E-state index contributed by atoms with van der Waals surface area (Å²) in [5.41, 5.74) is 0.410. The fraction of sp³-hybridized carbons (Fsp3) is 0.800. The van der Waals surface area contributed by atoms with Crippen LogP contribution in [0, 0.1) is 11.3 Å². The first-order valence-corrected chi connectivity index (χ1v) is 6.96.